The summed E-state index contributed by atoms with van der Waals surface area (Å²) >= 11 is 0. The summed E-state index contributed by atoms with van der Waals surface area (Å²) in [6.07, 6.45) is 3.51. The molecule has 1 aliphatic rings. The molecule has 0 N–H and O–H groups in total. The number of hydrogen-bond donors (Lipinski definition) is 0. The Kier molecular flexibility index (Phi) is 4.56. The fourth-order valence-electron chi connectivity index (χ4n) is 3.04. The first-order chi connectivity index (χ1) is 11.7. The molecule has 0 heterocycles. The van der Waals surface area contributed by atoms with Crippen LogP contribution in [0, 0.1) is 0 Å². The molecule has 0 saturated heterocycles. The summed E-state index contributed by atoms with van der Waals surface area (Å²) in [5, 5.41) is 0. The molecule has 4 heteroatoms. The largest absolute Gasteiger partial charge is 0.493 e. The van der Waals surface area contributed by atoms with Gasteiger partial charge in [-0.05, 0) is 42.2 Å². The van der Waals surface area contributed by atoms with Gasteiger partial charge in [-0.3, -0.25) is 4.79 Å². The molecule has 3 rings (SSSR count). The molecular weight excluding hydrogens is 304 g/mol. The fourth-order valence-corrected chi connectivity index (χ4v) is 3.04. The van der Waals surface area contributed by atoms with Gasteiger partial charge in [-0.15, -0.1) is 0 Å². The summed E-state index contributed by atoms with van der Waals surface area (Å²) in [6.45, 7) is 0. The smallest absolute Gasteiger partial charge is 0.203 e. The van der Waals surface area contributed by atoms with Crippen LogP contribution in [0.3, 0.4) is 0 Å². The van der Waals surface area contributed by atoms with Gasteiger partial charge in [0.05, 0.1) is 21.3 Å². The van der Waals surface area contributed by atoms with Gasteiger partial charge in [0.1, 0.15) is 0 Å². The molecule has 0 radical (unpaired) electrons. The van der Waals surface area contributed by atoms with Crippen LogP contribution in [-0.2, 0) is 6.42 Å². The minimum absolute atomic E-state index is 0.0885. The van der Waals surface area contributed by atoms with E-state index in [-0.39, 0.29) is 5.78 Å². The summed E-state index contributed by atoms with van der Waals surface area (Å²) in [7, 11) is 4.73. The number of hydrogen-bond acceptors (Lipinski definition) is 4. The molecule has 0 bridgehead atoms. The van der Waals surface area contributed by atoms with Crippen molar-refractivity contribution in [2.75, 3.05) is 21.3 Å². The van der Waals surface area contributed by atoms with Crippen LogP contribution in [0.4, 0.5) is 0 Å². The highest BCUT2D eigenvalue weighted by Crippen LogP contribution is 2.39. The number of ether oxygens (including phenoxy) is 3. The zero-order valence-corrected chi connectivity index (χ0v) is 14.1. The third-order valence-electron chi connectivity index (χ3n) is 4.25. The molecule has 2 aromatic carbocycles. The number of carbonyl (C=O) groups is 1. The Balaban J connectivity index is 2.02. The average Bonchev–Trinajstić information content (AvgIpc) is 2.63. The van der Waals surface area contributed by atoms with Crippen LogP contribution in [0.1, 0.15) is 27.9 Å². The van der Waals surface area contributed by atoms with Gasteiger partial charge in [0.25, 0.3) is 0 Å². The summed E-state index contributed by atoms with van der Waals surface area (Å²) in [5.41, 5.74) is 3.56. The molecular formula is C20H20O4. The van der Waals surface area contributed by atoms with Crippen molar-refractivity contribution in [3.05, 3.63) is 58.7 Å². The number of aryl methyl sites for hydroxylation is 1. The first-order valence-electron chi connectivity index (χ1n) is 7.81. The van der Waals surface area contributed by atoms with E-state index in [1.807, 2.05) is 42.5 Å². The van der Waals surface area contributed by atoms with E-state index in [0.29, 0.717) is 17.2 Å². The Bertz CT molecular complexity index is 780. The average molecular weight is 324 g/mol. The van der Waals surface area contributed by atoms with Gasteiger partial charge < -0.3 is 14.2 Å². The second-order valence-corrected chi connectivity index (χ2v) is 5.61. The molecule has 0 saturated carbocycles. The SMILES string of the molecule is COc1cc(/C=C2/CCc3ccccc3C2=O)cc(OC)c1OC. The number of allylic oxidation sites excluding steroid dienone is 1. The number of Topliss-reactive ketones (excluding diaryl/α,β-unsaturated/α-hetero) is 1. The number of benzene rings is 2. The molecule has 0 amide bonds. The first-order valence-corrected chi connectivity index (χ1v) is 7.81. The minimum Gasteiger partial charge on any atom is -0.493 e. The van der Waals surface area contributed by atoms with Crippen LogP contribution >= 0.6 is 0 Å². The second-order valence-electron chi connectivity index (χ2n) is 5.61. The van der Waals surface area contributed by atoms with Crippen molar-refractivity contribution in [1.82, 2.24) is 0 Å². The number of methoxy groups -OCH3 is 3. The molecule has 0 fully saturated rings. The molecule has 0 spiro atoms. The molecule has 24 heavy (non-hydrogen) atoms. The van der Waals surface area contributed by atoms with Gasteiger partial charge in [-0.2, -0.15) is 0 Å². The zero-order chi connectivity index (χ0) is 17.1. The molecule has 0 unspecified atom stereocenters. The summed E-state index contributed by atoms with van der Waals surface area (Å²) in [6, 6.07) is 11.5. The lowest BCUT2D eigenvalue weighted by Crippen LogP contribution is -2.13. The predicted octanol–water partition coefficient (Wildman–Crippen LogP) is 3.92. The third-order valence-corrected chi connectivity index (χ3v) is 4.25. The van der Waals surface area contributed by atoms with E-state index in [1.54, 1.807) is 21.3 Å². The van der Waals surface area contributed by atoms with Crippen molar-refractivity contribution in [2.24, 2.45) is 0 Å². The third kappa shape index (κ3) is 2.87. The van der Waals surface area contributed by atoms with Crippen LogP contribution in [0.5, 0.6) is 17.2 Å². The summed E-state index contributed by atoms with van der Waals surface area (Å²) in [4.78, 5) is 12.7. The lowest BCUT2D eigenvalue weighted by Gasteiger charge is -2.18. The molecule has 2 aromatic rings. The number of rotatable bonds is 4. The van der Waals surface area contributed by atoms with Gasteiger partial charge in [-0.1, -0.05) is 24.3 Å². The molecule has 0 atom stereocenters. The van der Waals surface area contributed by atoms with E-state index in [1.165, 1.54) is 0 Å². The molecule has 4 nitrogen and oxygen atoms in total. The highest BCUT2D eigenvalue weighted by molar-refractivity contribution is 6.13. The quantitative estimate of drug-likeness (QED) is 0.800. The van der Waals surface area contributed by atoms with Gasteiger partial charge >= 0.3 is 0 Å². The monoisotopic (exact) mass is 324 g/mol. The van der Waals surface area contributed by atoms with Gasteiger partial charge in [0, 0.05) is 11.1 Å². The normalized spacial score (nSPS) is 15.1. The van der Waals surface area contributed by atoms with E-state index < -0.39 is 0 Å². The molecule has 0 aliphatic heterocycles. The second kappa shape index (κ2) is 6.79. The van der Waals surface area contributed by atoms with Crippen molar-refractivity contribution < 1.29 is 19.0 Å². The van der Waals surface area contributed by atoms with Crippen molar-refractivity contribution in [3.63, 3.8) is 0 Å². The van der Waals surface area contributed by atoms with Gasteiger partial charge in [0.2, 0.25) is 5.75 Å². The van der Waals surface area contributed by atoms with Crippen molar-refractivity contribution >= 4 is 11.9 Å². The molecule has 0 aromatic heterocycles. The Morgan fingerprint density at radius 3 is 2.21 bits per heavy atom. The fraction of sp³-hybridized carbons (Fsp3) is 0.250. The topological polar surface area (TPSA) is 44.8 Å². The number of carbonyl (C=O) groups excluding carboxylic acids is 1. The first kappa shape index (κ1) is 16.1. The highest BCUT2D eigenvalue weighted by atomic mass is 16.5. The number of fused-ring (bicyclic) bond motifs is 1. The Hall–Kier alpha value is -2.75. The lowest BCUT2D eigenvalue weighted by atomic mass is 9.86. The Morgan fingerprint density at radius 1 is 0.917 bits per heavy atom. The number of ketones is 1. The van der Waals surface area contributed by atoms with Crippen molar-refractivity contribution in [2.45, 2.75) is 12.8 Å². The van der Waals surface area contributed by atoms with Gasteiger partial charge in [-0.25, -0.2) is 0 Å². The van der Waals surface area contributed by atoms with Crippen molar-refractivity contribution in [1.29, 1.82) is 0 Å². The minimum atomic E-state index is 0.0885. The summed E-state index contributed by atoms with van der Waals surface area (Å²) < 4.78 is 16.1. The maximum absolute atomic E-state index is 12.7. The van der Waals surface area contributed by atoms with E-state index >= 15 is 0 Å². The maximum Gasteiger partial charge on any atom is 0.203 e. The molecule has 1 aliphatic carbocycles. The summed E-state index contributed by atoms with van der Waals surface area (Å²) in [5.74, 6) is 1.78. The van der Waals surface area contributed by atoms with E-state index in [0.717, 1.165) is 35.1 Å². The lowest BCUT2D eigenvalue weighted by molar-refractivity contribution is 0.102. The Labute approximate surface area is 141 Å². The van der Waals surface area contributed by atoms with E-state index in [9.17, 15) is 4.79 Å². The van der Waals surface area contributed by atoms with Crippen LogP contribution in [-0.4, -0.2) is 27.1 Å². The van der Waals surface area contributed by atoms with E-state index in [4.69, 9.17) is 14.2 Å². The predicted molar refractivity (Wildman–Crippen MR) is 93.2 cm³/mol. The highest BCUT2D eigenvalue weighted by Gasteiger charge is 2.21. The van der Waals surface area contributed by atoms with Gasteiger partial charge in [0.15, 0.2) is 17.3 Å². The van der Waals surface area contributed by atoms with Crippen LogP contribution in [0.2, 0.25) is 0 Å². The Morgan fingerprint density at radius 2 is 1.58 bits per heavy atom. The van der Waals surface area contributed by atoms with E-state index in [2.05, 4.69) is 0 Å². The van der Waals surface area contributed by atoms with Crippen LogP contribution in [0.15, 0.2) is 42.0 Å². The standard InChI is InChI=1S/C20H20O4/c1-22-17-11-13(12-18(23-2)20(17)24-3)10-15-9-8-14-6-4-5-7-16(14)19(15)21/h4-7,10-12H,8-9H2,1-3H3/b15-10-. The van der Waals surface area contributed by atoms with Crippen molar-refractivity contribution in [3.8, 4) is 17.2 Å². The van der Waals surface area contributed by atoms with Crippen LogP contribution < -0.4 is 14.2 Å². The maximum atomic E-state index is 12.7. The van der Waals surface area contributed by atoms with Crippen LogP contribution in [0.25, 0.3) is 6.08 Å². The molecule has 124 valence electrons. The zero-order valence-electron chi connectivity index (χ0n) is 14.1.